The van der Waals surface area contributed by atoms with E-state index in [-0.39, 0.29) is 23.3 Å². The Hall–Kier alpha value is -0.910. The number of amides is 2. The van der Waals surface area contributed by atoms with Gasteiger partial charge >= 0.3 is 6.09 Å². The summed E-state index contributed by atoms with van der Waals surface area (Å²) in [5.41, 5.74) is 0. The molecule has 114 valence electrons. The van der Waals surface area contributed by atoms with E-state index in [1.807, 2.05) is 6.92 Å². The first-order valence-corrected chi connectivity index (χ1v) is 8.59. The van der Waals surface area contributed by atoms with E-state index < -0.39 is 0 Å². The first-order chi connectivity index (χ1) is 9.70. The molecule has 1 unspecified atom stereocenters. The van der Waals surface area contributed by atoms with Gasteiger partial charge < -0.3 is 15.0 Å². The highest BCUT2D eigenvalue weighted by Gasteiger charge is 2.27. The number of nitrogens with zero attached hydrogens (tertiary/aromatic N) is 1. The van der Waals surface area contributed by atoms with Crippen molar-refractivity contribution in [3.05, 3.63) is 0 Å². The number of likely N-dealkylation sites (tertiary alicyclic amines) is 1. The molecule has 0 aromatic heterocycles. The lowest BCUT2D eigenvalue weighted by atomic mass is 10.0. The van der Waals surface area contributed by atoms with Crippen LogP contribution in [0.4, 0.5) is 4.79 Å². The number of ether oxygens (including phenoxy) is 1. The van der Waals surface area contributed by atoms with Crippen LogP contribution in [0.25, 0.3) is 0 Å². The third-order valence-electron chi connectivity index (χ3n) is 3.84. The van der Waals surface area contributed by atoms with E-state index in [2.05, 4.69) is 5.32 Å². The van der Waals surface area contributed by atoms with Gasteiger partial charge in [0.25, 0.3) is 0 Å². The molecular formula is C14H24N2O3S. The Kier molecular flexibility index (Phi) is 6.01. The van der Waals surface area contributed by atoms with Crippen molar-refractivity contribution in [1.82, 2.24) is 10.2 Å². The van der Waals surface area contributed by atoms with E-state index in [0.717, 1.165) is 31.4 Å². The van der Waals surface area contributed by atoms with Crippen LogP contribution in [0.3, 0.4) is 0 Å². The molecule has 2 rings (SSSR count). The van der Waals surface area contributed by atoms with E-state index in [0.29, 0.717) is 19.7 Å². The lowest BCUT2D eigenvalue weighted by molar-refractivity contribution is -0.121. The number of hydrogen-bond donors (Lipinski definition) is 1. The van der Waals surface area contributed by atoms with Crippen molar-refractivity contribution in [2.45, 2.75) is 50.3 Å². The van der Waals surface area contributed by atoms with Gasteiger partial charge in [0.1, 0.15) is 0 Å². The van der Waals surface area contributed by atoms with E-state index in [1.54, 1.807) is 16.7 Å². The minimum Gasteiger partial charge on any atom is -0.450 e. The van der Waals surface area contributed by atoms with Gasteiger partial charge in [0.05, 0.1) is 11.9 Å². The molecule has 0 radical (unpaired) electrons. The quantitative estimate of drug-likeness (QED) is 0.866. The van der Waals surface area contributed by atoms with Gasteiger partial charge in [-0.3, -0.25) is 4.79 Å². The zero-order chi connectivity index (χ0) is 14.4. The monoisotopic (exact) mass is 300 g/mol. The van der Waals surface area contributed by atoms with Crippen LogP contribution >= 0.6 is 11.8 Å². The van der Waals surface area contributed by atoms with E-state index in [1.165, 1.54) is 6.42 Å². The summed E-state index contributed by atoms with van der Waals surface area (Å²) in [6, 6.07) is 0.204. The van der Waals surface area contributed by atoms with Crippen molar-refractivity contribution >= 4 is 23.8 Å². The molecule has 1 atom stereocenters. The predicted octanol–water partition coefficient (Wildman–Crippen LogP) is 2.01. The first kappa shape index (κ1) is 15.5. The standard InChI is InChI=1S/C14H24N2O3S/c1-2-19-14(18)16-8-6-11(7-9-16)15-13(17)12-5-3-4-10-20-12/h11-12H,2-10H2,1H3,(H,15,17). The summed E-state index contributed by atoms with van der Waals surface area (Å²) in [6.45, 7) is 3.56. The van der Waals surface area contributed by atoms with Gasteiger partial charge in [-0.1, -0.05) is 6.42 Å². The molecule has 2 aliphatic heterocycles. The Morgan fingerprint density at radius 2 is 2.00 bits per heavy atom. The normalized spacial score (nSPS) is 24.2. The highest BCUT2D eigenvalue weighted by atomic mass is 32.2. The fourth-order valence-electron chi connectivity index (χ4n) is 2.66. The summed E-state index contributed by atoms with van der Waals surface area (Å²) >= 11 is 1.78. The van der Waals surface area contributed by atoms with Crippen molar-refractivity contribution in [2.75, 3.05) is 25.4 Å². The Bertz CT molecular complexity index is 337. The molecule has 1 N–H and O–H groups in total. The van der Waals surface area contributed by atoms with E-state index in [9.17, 15) is 9.59 Å². The highest BCUT2D eigenvalue weighted by Crippen LogP contribution is 2.25. The second kappa shape index (κ2) is 7.76. The van der Waals surface area contributed by atoms with Gasteiger partial charge in [-0.15, -0.1) is 11.8 Å². The van der Waals surface area contributed by atoms with E-state index in [4.69, 9.17) is 4.74 Å². The predicted molar refractivity (Wildman–Crippen MR) is 79.9 cm³/mol. The summed E-state index contributed by atoms with van der Waals surface area (Å²) in [7, 11) is 0. The largest absolute Gasteiger partial charge is 0.450 e. The smallest absolute Gasteiger partial charge is 0.409 e. The fraction of sp³-hybridized carbons (Fsp3) is 0.857. The van der Waals surface area contributed by atoms with Crippen molar-refractivity contribution < 1.29 is 14.3 Å². The SMILES string of the molecule is CCOC(=O)N1CCC(NC(=O)C2CCCCS2)CC1. The molecule has 2 fully saturated rings. The third-order valence-corrected chi connectivity index (χ3v) is 5.22. The molecule has 2 heterocycles. The molecule has 2 amide bonds. The summed E-state index contributed by atoms with van der Waals surface area (Å²) in [4.78, 5) is 25.5. The zero-order valence-electron chi connectivity index (χ0n) is 12.1. The molecule has 20 heavy (non-hydrogen) atoms. The van der Waals surface area contributed by atoms with Gasteiger partial charge in [0, 0.05) is 19.1 Å². The zero-order valence-corrected chi connectivity index (χ0v) is 12.9. The van der Waals surface area contributed by atoms with Crippen molar-refractivity contribution in [2.24, 2.45) is 0 Å². The summed E-state index contributed by atoms with van der Waals surface area (Å²) in [5.74, 6) is 1.28. The maximum Gasteiger partial charge on any atom is 0.409 e. The minimum absolute atomic E-state index is 0.131. The molecular weight excluding hydrogens is 276 g/mol. The van der Waals surface area contributed by atoms with Crippen LogP contribution in [0.1, 0.15) is 39.0 Å². The molecule has 0 aromatic carbocycles. The van der Waals surface area contributed by atoms with Crippen LogP contribution < -0.4 is 5.32 Å². The van der Waals surface area contributed by atoms with Crippen LogP contribution in [0.15, 0.2) is 0 Å². The van der Waals surface area contributed by atoms with Gasteiger partial charge in [-0.05, 0) is 38.4 Å². The molecule has 2 aliphatic rings. The van der Waals surface area contributed by atoms with Gasteiger partial charge in [-0.25, -0.2) is 4.79 Å². The van der Waals surface area contributed by atoms with Crippen LogP contribution in [-0.2, 0) is 9.53 Å². The number of carbonyl (C=O) groups excluding carboxylic acids is 2. The molecule has 0 spiro atoms. The maximum atomic E-state index is 12.1. The summed E-state index contributed by atoms with van der Waals surface area (Å²) in [6.07, 6.45) is 4.79. The Balaban J connectivity index is 1.71. The molecule has 0 bridgehead atoms. The first-order valence-electron chi connectivity index (χ1n) is 7.54. The lowest BCUT2D eigenvalue weighted by Crippen LogP contribution is -2.48. The number of thioether (sulfide) groups is 1. The molecule has 6 heteroatoms. The number of rotatable bonds is 3. The second-order valence-corrected chi connectivity index (χ2v) is 6.63. The summed E-state index contributed by atoms with van der Waals surface area (Å²) in [5, 5.41) is 3.27. The average molecular weight is 300 g/mol. The van der Waals surface area contributed by atoms with Crippen molar-refractivity contribution in [1.29, 1.82) is 0 Å². The van der Waals surface area contributed by atoms with Gasteiger partial charge in [0.15, 0.2) is 0 Å². The van der Waals surface area contributed by atoms with Crippen LogP contribution in [-0.4, -0.2) is 53.6 Å². The fourth-order valence-corrected chi connectivity index (χ4v) is 3.87. The number of hydrogen-bond acceptors (Lipinski definition) is 4. The molecule has 0 aromatic rings. The number of nitrogens with one attached hydrogen (secondary N) is 1. The number of carbonyl (C=O) groups is 2. The lowest BCUT2D eigenvalue weighted by Gasteiger charge is -2.32. The average Bonchev–Trinajstić information content (AvgIpc) is 2.49. The highest BCUT2D eigenvalue weighted by molar-refractivity contribution is 8.00. The third kappa shape index (κ3) is 4.30. The van der Waals surface area contributed by atoms with Crippen molar-refractivity contribution in [3.8, 4) is 0 Å². The maximum absolute atomic E-state index is 12.1. The Morgan fingerprint density at radius 1 is 1.25 bits per heavy atom. The summed E-state index contributed by atoms with van der Waals surface area (Å²) < 4.78 is 4.99. The second-order valence-electron chi connectivity index (χ2n) is 5.32. The molecule has 5 nitrogen and oxygen atoms in total. The van der Waals surface area contributed by atoms with Crippen molar-refractivity contribution in [3.63, 3.8) is 0 Å². The molecule has 0 aliphatic carbocycles. The van der Waals surface area contributed by atoms with Crippen LogP contribution in [0.5, 0.6) is 0 Å². The number of piperidine rings is 1. The molecule has 2 saturated heterocycles. The van der Waals surface area contributed by atoms with E-state index >= 15 is 0 Å². The Morgan fingerprint density at radius 3 is 2.60 bits per heavy atom. The topological polar surface area (TPSA) is 58.6 Å². The Labute approximate surface area is 124 Å². The van der Waals surface area contributed by atoms with Crippen LogP contribution in [0, 0.1) is 0 Å². The van der Waals surface area contributed by atoms with Gasteiger partial charge in [-0.2, -0.15) is 0 Å². The molecule has 0 saturated carbocycles. The van der Waals surface area contributed by atoms with Crippen LogP contribution in [0.2, 0.25) is 0 Å². The van der Waals surface area contributed by atoms with Gasteiger partial charge in [0.2, 0.25) is 5.91 Å². The minimum atomic E-state index is -0.236.